The summed E-state index contributed by atoms with van der Waals surface area (Å²) < 4.78 is 29.0. The maximum absolute atomic E-state index is 12.6. The summed E-state index contributed by atoms with van der Waals surface area (Å²) in [4.78, 5) is 12.7. The van der Waals surface area contributed by atoms with E-state index in [4.69, 9.17) is 0 Å². The molecule has 3 rings (SSSR count). The number of para-hydroxylation sites is 2. The van der Waals surface area contributed by atoms with Crippen molar-refractivity contribution in [2.75, 3.05) is 5.32 Å². The first-order valence-corrected chi connectivity index (χ1v) is 10.2. The Bertz CT molecular complexity index is 1070. The standard InChI is InChI=1S/C20H22N4O3S/c1-20(2,3)23-28(26,27)16-11-9-15(10-12-16)19(25)22-17-7-4-5-8-18(17)24-14-6-13-21-24/h4-14,23H,1-3H3,(H,22,25). The van der Waals surface area contributed by atoms with Crippen LogP contribution >= 0.6 is 0 Å². The first kappa shape index (κ1) is 19.8. The average molecular weight is 398 g/mol. The van der Waals surface area contributed by atoms with Crippen LogP contribution in [0.15, 0.2) is 71.9 Å². The summed E-state index contributed by atoms with van der Waals surface area (Å²) in [6.07, 6.45) is 3.44. The van der Waals surface area contributed by atoms with Crippen LogP contribution in [0.3, 0.4) is 0 Å². The van der Waals surface area contributed by atoms with Crippen molar-refractivity contribution in [1.82, 2.24) is 14.5 Å². The van der Waals surface area contributed by atoms with E-state index >= 15 is 0 Å². The second kappa shape index (κ2) is 7.57. The van der Waals surface area contributed by atoms with Gasteiger partial charge in [-0.05, 0) is 63.2 Å². The average Bonchev–Trinajstić information content (AvgIpc) is 3.15. The van der Waals surface area contributed by atoms with Gasteiger partial charge in [-0.25, -0.2) is 17.8 Å². The number of sulfonamides is 1. The third kappa shape index (κ3) is 4.65. The Morgan fingerprint density at radius 2 is 1.68 bits per heavy atom. The van der Waals surface area contributed by atoms with Gasteiger partial charge in [0.1, 0.15) is 0 Å². The van der Waals surface area contributed by atoms with Gasteiger partial charge in [-0.15, -0.1) is 0 Å². The van der Waals surface area contributed by atoms with E-state index < -0.39 is 15.6 Å². The molecule has 146 valence electrons. The maximum atomic E-state index is 12.6. The summed E-state index contributed by atoms with van der Waals surface area (Å²) >= 11 is 0. The summed E-state index contributed by atoms with van der Waals surface area (Å²) in [5.74, 6) is -0.340. The fourth-order valence-electron chi connectivity index (χ4n) is 2.63. The first-order chi connectivity index (χ1) is 13.2. The van der Waals surface area contributed by atoms with Gasteiger partial charge in [0.05, 0.1) is 16.3 Å². The minimum absolute atomic E-state index is 0.107. The van der Waals surface area contributed by atoms with E-state index in [1.54, 1.807) is 50.0 Å². The van der Waals surface area contributed by atoms with E-state index in [1.165, 1.54) is 24.3 Å². The fraction of sp³-hybridized carbons (Fsp3) is 0.200. The Morgan fingerprint density at radius 1 is 1.00 bits per heavy atom. The van der Waals surface area contributed by atoms with Gasteiger partial charge in [0.25, 0.3) is 5.91 Å². The minimum Gasteiger partial charge on any atom is -0.320 e. The molecule has 0 unspecified atom stereocenters. The third-order valence-electron chi connectivity index (χ3n) is 3.77. The van der Waals surface area contributed by atoms with Crippen LogP contribution in [0, 0.1) is 0 Å². The second-order valence-electron chi connectivity index (χ2n) is 7.30. The van der Waals surface area contributed by atoms with E-state index in [9.17, 15) is 13.2 Å². The van der Waals surface area contributed by atoms with Gasteiger partial charge in [-0.1, -0.05) is 12.1 Å². The number of rotatable bonds is 5. The Balaban J connectivity index is 1.80. The monoisotopic (exact) mass is 398 g/mol. The summed E-state index contributed by atoms with van der Waals surface area (Å²) in [6, 6.07) is 14.9. The molecule has 0 aliphatic carbocycles. The zero-order valence-corrected chi connectivity index (χ0v) is 16.7. The number of hydrogen-bond acceptors (Lipinski definition) is 4. The minimum atomic E-state index is -3.65. The Hall–Kier alpha value is -2.97. The molecule has 1 aromatic heterocycles. The van der Waals surface area contributed by atoms with Gasteiger partial charge in [0, 0.05) is 23.5 Å². The molecule has 7 nitrogen and oxygen atoms in total. The molecule has 8 heteroatoms. The molecule has 0 radical (unpaired) electrons. The van der Waals surface area contributed by atoms with Crippen LogP contribution in [0.4, 0.5) is 5.69 Å². The second-order valence-corrected chi connectivity index (χ2v) is 8.98. The van der Waals surface area contributed by atoms with E-state index in [1.807, 2.05) is 18.2 Å². The van der Waals surface area contributed by atoms with Crippen LogP contribution in [-0.4, -0.2) is 29.6 Å². The Labute approximate surface area is 164 Å². The van der Waals surface area contributed by atoms with Crippen molar-refractivity contribution in [3.8, 4) is 5.69 Å². The number of hydrogen-bond donors (Lipinski definition) is 2. The van der Waals surface area contributed by atoms with Gasteiger partial charge >= 0.3 is 0 Å². The molecule has 0 fully saturated rings. The van der Waals surface area contributed by atoms with Crippen molar-refractivity contribution >= 4 is 21.6 Å². The number of amides is 1. The van der Waals surface area contributed by atoms with Crippen molar-refractivity contribution in [3.05, 3.63) is 72.6 Å². The van der Waals surface area contributed by atoms with E-state index in [2.05, 4.69) is 15.1 Å². The van der Waals surface area contributed by atoms with Crippen LogP contribution in [0.25, 0.3) is 5.69 Å². The largest absolute Gasteiger partial charge is 0.320 e. The van der Waals surface area contributed by atoms with Crippen LogP contribution in [0.5, 0.6) is 0 Å². The number of carbonyl (C=O) groups excluding carboxylic acids is 1. The molecule has 28 heavy (non-hydrogen) atoms. The SMILES string of the molecule is CC(C)(C)NS(=O)(=O)c1ccc(C(=O)Nc2ccccc2-n2cccn2)cc1. The summed E-state index contributed by atoms with van der Waals surface area (Å²) in [6.45, 7) is 5.30. The highest BCUT2D eigenvalue weighted by Gasteiger charge is 2.22. The van der Waals surface area contributed by atoms with E-state index in [0.29, 0.717) is 11.3 Å². The van der Waals surface area contributed by atoms with Crippen LogP contribution in [0.2, 0.25) is 0 Å². The van der Waals surface area contributed by atoms with Crippen molar-refractivity contribution in [1.29, 1.82) is 0 Å². The predicted molar refractivity (Wildman–Crippen MR) is 108 cm³/mol. The molecule has 0 aliphatic rings. The number of carbonyl (C=O) groups is 1. The molecule has 0 saturated heterocycles. The molecule has 0 aliphatic heterocycles. The highest BCUT2D eigenvalue weighted by Crippen LogP contribution is 2.20. The molecular weight excluding hydrogens is 376 g/mol. The lowest BCUT2D eigenvalue weighted by atomic mass is 10.1. The summed E-state index contributed by atoms with van der Waals surface area (Å²) in [5.41, 5.74) is 1.09. The number of aromatic nitrogens is 2. The Kier molecular flexibility index (Phi) is 5.35. The van der Waals surface area contributed by atoms with Gasteiger partial charge in [-0.2, -0.15) is 5.10 Å². The molecule has 1 heterocycles. The molecule has 0 spiro atoms. The Morgan fingerprint density at radius 3 is 2.29 bits per heavy atom. The molecule has 2 N–H and O–H groups in total. The highest BCUT2D eigenvalue weighted by atomic mass is 32.2. The quantitative estimate of drug-likeness (QED) is 0.690. The molecule has 3 aromatic rings. The predicted octanol–water partition coefficient (Wildman–Crippen LogP) is 3.20. The van der Waals surface area contributed by atoms with Crippen molar-refractivity contribution in [2.45, 2.75) is 31.2 Å². The number of nitrogens with zero attached hydrogens (tertiary/aromatic N) is 2. The number of nitrogens with one attached hydrogen (secondary N) is 2. The maximum Gasteiger partial charge on any atom is 0.255 e. The number of anilines is 1. The number of benzene rings is 2. The van der Waals surface area contributed by atoms with Crippen LogP contribution in [0.1, 0.15) is 31.1 Å². The van der Waals surface area contributed by atoms with E-state index in [-0.39, 0.29) is 10.8 Å². The van der Waals surface area contributed by atoms with Crippen molar-refractivity contribution in [2.24, 2.45) is 0 Å². The molecule has 0 atom stereocenters. The summed E-state index contributed by atoms with van der Waals surface area (Å²) in [5, 5.41) is 7.03. The van der Waals surface area contributed by atoms with Crippen LogP contribution < -0.4 is 10.0 Å². The normalized spacial score (nSPS) is 12.0. The highest BCUT2D eigenvalue weighted by molar-refractivity contribution is 7.89. The molecule has 1 amide bonds. The van der Waals surface area contributed by atoms with Crippen molar-refractivity contribution < 1.29 is 13.2 Å². The molecule has 0 bridgehead atoms. The van der Waals surface area contributed by atoms with Crippen molar-refractivity contribution in [3.63, 3.8) is 0 Å². The lowest BCUT2D eigenvalue weighted by molar-refractivity contribution is 0.102. The third-order valence-corrected chi connectivity index (χ3v) is 5.54. The topological polar surface area (TPSA) is 93.1 Å². The van der Waals surface area contributed by atoms with Gasteiger partial charge < -0.3 is 5.32 Å². The lowest BCUT2D eigenvalue weighted by Gasteiger charge is -2.20. The zero-order chi connectivity index (χ0) is 20.4. The van der Waals surface area contributed by atoms with E-state index in [0.717, 1.165) is 5.69 Å². The van der Waals surface area contributed by atoms with Gasteiger partial charge in [0.15, 0.2) is 0 Å². The lowest BCUT2D eigenvalue weighted by Crippen LogP contribution is -2.40. The smallest absolute Gasteiger partial charge is 0.255 e. The zero-order valence-electron chi connectivity index (χ0n) is 15.9. The van der Waals surface area contributed by atoms with Crippen LogP contribution in [-0.2, 0) is 10.0 Å². The first-order valence-electron chi connectivity index (χ1n) is 8.70. The summed E-state index contributed by atoms with van der Waals surface area (Å²) in [7, 11) is -3.65. The molecular formula is C20H22N4O3S. The molecule has 0 saturated carbocycles. The van der Waals surface area contributed by atoms with Gasteiger partial charge in [-0.3, -0.25) is 4.79 Å². The fourth-order valence-corrected chi connectivity index (χ4v) is 4.05. The van der Waals surface area contributed by atoms with Gasteiger partial charge in [0.2, 0.25) is 10.0 Å². The molecule has 2 aromatic carbocycles.